The van der Waals surface area contributed by atoms with E-state index in [0.717, 1.165) is 70.6 Å². The fourth-order valence-electron chi connectivity index (χ4n) is 9.69. The molecule has 2 unspecified atom stereocenters. The number of phosphoric acid groups is 1. The molecular weight excluding hydrogens is 1000 g/mol. The second-order valence-electron chi connectivity index (χ2n) is 23.8. The zero-order chi connectivity index (χ0) is 57.7. The van der Waals surface area contributed by atoms with Crippen LogP contribution in [0.15, 0.2) is 60.8 Å². The number of quaternary nitrogens is 1. The van der Waals surface area contributed by atoms with Crippen LogP contribution in [0.1, 0.15) is 316 Å². The van der Waals surface area contributed by atoms with E-state index in [1.807, 2.05) is 21.1 Å². The Morgan fingerprint density at radius 2 is 0.722 bits per heavy atom. The number of phosphoric ester groups is 1. The number of nitrogens with zero attached hydrogens (tertiary/aromatic N) is 1. The quantitative estimate of drug-likeness (QED) is 0.0195. The lowest BCUT2D eigenvalue weighted by atomic mass is 10.0. The van der Waals surface area contributed by atoms with Crippen LogP contribution in [0.4, 0.5) is 0 Å². The summed E-state index contributed by atoms with van der Waals surface area (Å²) in [5.41, 5.74) is 0. The van der Waals surface area contributed by atoms with Crippen LogP contribution in [-0.2, 0) is 32.7 Å². The summed E-state index contributed by atoms with van der Waals surface area (Å²) in [6, 6.07) is 0. The normalized spacial score (nSPS) is 13.5. The van der Waals surface area contributed by atoms with Crippen molar-refractivity contribution in [2.75, 3.05) is 47.5 Å². The molecule has 0 aliphatic heterocycles. The highest BCUT2D eigenvalue weighted by Crippen LogP contribution is 2.38. The van der Waals surface area contributed by atoms with Gasteiger partial charge < -0.3 is 27.9 Å². The average molecular weight is 1130 g/mol. The predicted octanol–water partition coefficient (Wildman–Crippen LogP) is 20.8. The van der Waals surface area contributed by atoms with Gasteiger partial charge in [0.25, 0.3) is 7.82 Å². The lowest BCUT2D eigenvalue weighted by Crippen LogP contribution is -2.37. The standard InChI is InChI=1S/C69H128NO8P/c1-6-8-10-12-14-16-18-20-22-24-26-27-28-29-30-31-32-33-34-35-36-37-38-39-40-41-42-44-45-47-49-51-53-55-57-59-61-68(71)75-65-67(66-77-79(73,74)76-64-63-70(3,4)5)78-69(72)62-60-58-56-54-52-50-48-46-43-25-23-21-19-17-15-13-11-9-7-2/h9,11,15,17,21,23,43,46,50,52,67H,6-8,10,12-14,16,18-20,22,24-42,44-45,47-49,51,53-66H2,1-5H3/b11-9-,17-15-,23-21-,46-43-,52-50-. The summed E-state index contributed by atoms with van der Waals surface area (Å²) in [5.74, 6) is -0.861. The number of ether oxygens (including phenoxy) is 2. The summed E-state index contributed by atoms with van der Waals surface area (Å²) in [6.07, 6.45) is 79.0. The maximum atomic E-state index is 12.8. The maximum absolute atomic E-state index is 12.8. The molecule has 0 heterocycles. The minimum Gasteiger partial charge on any atom is -0.756 e. The number of esters is 2. The third-order valence-electron chi connectivity index (χ3n) is 14.8. The highest BCUT2D eigenvalue weighted by molar-refractivity contribution is 7.45. The number of carbonyl (C=O) groups excluding carboxylic acids is 2. The average Bonchev–Trinajstić information content (AvgIpc) is 3.41. The Morgan fingerprint density at radius 3 is 1.08 bits per heavy atom. The van der Waals surface area contributed by atoms with Crippen LogP contribution in [0.2, 0.25) is 0 Å². The van der Waals surface area contributed by atoms with Crippen LogP contribution >= 0.6 is 7.82 Å². The summed E-state index contributed by atoms with van der Waals surface area (Å²) >= 11 is 0. The van der Waals surface area contributed by atoms with Gasteiger partial charge in [0.05, 0.1) is 27.7 Å². The van der Waals surface area contributed by atoms with E-state index in [9.17, 15) is 19.0 Å². The molecule has 9 nitrogen and oxygen atoms in total. The monoisotopic (exact) mass is 1130 g/mol. The van der Waals surface area contributed by atoms with Gasteiger partial charge in [0.1, 0.15) is 19.8 Å². The molecule has 0 aromatic heterocycles. The van der Waals surface area contributed by atoms with E-state index < -0.39 is 26.5 Å². The molecule has 0 aliphatic carbocycles. The second kappa shape index (κ2) is 60.3. The molecule has 0 aromatic rings. The van der Waals surface area contributed by atoms with E-state index in [1.165, 1.54) is 212 Å². The fourth-order valence-corrected chi connectivity index (χ4v) is 10.4. The Morgan fingerprint density at radius 1 is 0.405 bits per heavy atom. The van der Waals surface area contributed by atoms with Crippen LogP contribution in [0.25, 0.3) is 0 Å². The van der Waals surface area contributed by atoms with Crippen molar-refractivity contribution in [3.8, 4) is 0 Å². The number of likely N-dealkylation sites (N-methyl/N-ethyl adjacent to an activating group) is 1. The molecule has 462 valence electrons. The van der Waals surface area contributed by atoms with Gasteiger partial charge in [-0.25, -0.2) is 0 Å². The zero-order valence-corrected chi connectivity index (χ0v) is 53.5. The Hall–Kier alpha value is -2.29. The van der Waals surface area contributed by atoms with Gasteiger partial charge in [0.2, 0.25) is 0 Å². The lowest BCUT2D eigenvalue weighted by Gasteiger charge is -2.28. The summed E-state index contributed by atoms with van der Waals surface area (Å²) in [7, 11) is 1.15. The highest BCUT2D eigenvalue weighted by Gasteiger charge is 2.22. The topological polar surface area (TPSA) is 111 Å². The summed E-state index contributed by atoms with van der Waals surface area (Å²) in [4.78, 5) is 37.9. The van der Waals surface area contributed by atoms with Gasteiger partial charge in [-0.15, -0.1) is 0 Å². The highest BCUT2D eigenvalue weighted by atomic mass is 31.2. The summed E-state index contributed by atoms with van der Waals surface area (Å²) in [5, 5.41) is 0. The number of rotatable bonds is 62. The van der Waals surface area contributed by atoms with Gasteiger partial charge >= 0.3 is 11.9 Å². The van der Waals surface area contributed by atoms with Crippen molar-refractivity contribution in [3.63, 3.8) is 0 Å². The van der Waals surface area contributed by atoms with Crippen molar-refractivity contribution in [3.05, 3.63) is 60.8 Å². The molecule has 0 rings (SSSR count). The summed E-state index contributed by atoms with van der Waals surface area (Å²) in [6.45, 7) is 4.12. The largest absolute Gasteiger partial charge is 0.756 e. The number of hydrogen-bond donors (Lipinski definition) is 0. The first-order valence-electron chi connectivity index (χ1n) is 33.5. The van der Waals surface area contributed by atoms with Crippen molar-refractivity contribution < 1.29 is 42.1 Å². The van der Waals surface area contributed by atoms with Gasteiger partial charge in [-0.3, -0.25) is 14.2 Å². The molecule has 0 amide bonds. The maximum Gasteiger partial charge on any atom is 0.306 e. The van der Waals surface area contributed by atoms with Gasteiger partial charge in [-0.05, 0) is 57.8 Å². The fraction of sp³-hybridized carbons (Fsp3) is 0.826. The van der Waals surface area contributed by atoms with Crippen LogP contribution in [0.5, 0.6) is 0 Å². The number of unbranched alkanes of at least 4 members (excludes halogenated alkanes) is 38. The first-order chi connectivity index (χ1) is 38.5. The van der Waals surface area contributed by atoms with Gasteiger partial charge in [0, 0.05) is 12.8 Å². The number of hydrogen-bond acceptors (Lipinski definition) is 8. The van der Waals surface area contributed by atoms with E-state index in [-0.39, 0.29) is 32.0 Å². The molecule has 10 heteroatoms. The molecule has 0 aliphatic rings. The zero-order valence-electron chi connectivity index (χ0n) is 52.6. The first kappa shape index (κ1) is 76.7. The van der Waals surface area contributed by atoms with E-state index >= 15 is 0 Å². The minimum atomic E-state index is -4.65. The molecule has 79 heavy (non-hydrogen) atoms. The van der Waals surface area contributed by atoms with E-state index in [1.54, 1.807) is 0 Å². The molecule has 2 atom stereocenters. The van der Waals surface area contributed by atoms with Gasteiger partial charge in [0.15, 0.2) is 6.10 Å². The van der Waals surface area contributed by atoms with Gasteiger partial charge in [-0.2, -0.15) is 0 Å². The predicted molar refractivity (Wildman–Crippen MR) is 337 cm³/mol. The smallest absolute Gasteiger partial charge is 0.306 e. The number of carbonyl (C=O) groups is 2. The third-order valence-corrected chi connectivity index (χ3v) is 15.8. The Labute approximate surface area is 489 Å². The molecule has 0 saturated heterocycles. The Kier molecular flexibility index (Phi) is 58.6. The van der Waals surface area contributed by atoms with Gasteiger partial charge in [-0.1, -0.05) is 306 Å². The van der Waals surface area contributed by atoms with Crippen molar-refractivity contribution in [2.24, 2.45) is 0 Å². The van der Waals surface area contributed by atoms with E-state index in [4.69, 9.17) is 18.5 Å². The Balaban J connectivity index is 3.96. The number of allylic oxidation sites excluding steroid dienone is 10. The lowest BCUT2D eigenvalue weighted by molar-refractivity contribution is -0.870. The first-order valence-corrected chi connectivity index (χ1v) is 35.0. The SMILES string of the molecule is CC/C=C\C/C=C\C/C=C\C/C=C\C/C=C\CCCCCC(=O)OC(COC(=O)CCCCCCCCCCCCCCCCCCCCCCCCCCCCCCCCCCCCCC)COP(=O)([O-])OCC[N+](C)(C)C. The van der Waals surface area contributed by atoms with E-state index in [0.29, 0.717) is 17.4 Å². The van der Waals surface area contributed by atoms with Crippen molar-refractivity contribution >= 4 is 19.8 Å². The van der Waals surface area contributed by atoms with Crippen LogP contribution in [-0.4, -0.2) is 70.0 Å². The van der Waals surface area contributed by atoms with Crippen molar-refractivity contribution in [1.29, 1.82) is 0 Å². The van der Waals surface area contributed by atoms with Crippen LogP contribution < -0.4 is 4.89 Å². The molecule has 0 saturated carbocycles. The molecule has 0 aromatic carbocycles. The Bertz CT molecular complexity index is 1520. The molecule has 0 N–H and O–H groups in total. The molecular formula is C69H128NO8P. The molecule has 0 fully saturated rings. The second-order valence-corrected chi connectivity index (χ2v) is 25.2. The van der Waals surface area contributed by atoms with Crippen molar-refractivity contribution in [2.45, 2.75) is 322 Å². The van der Waals surface area contributed by atoms with E-state index in [2.05, 4.69) is 74.6 Å². The van der Waals surface area contributed by atoms with Crippen LogP contribution in [0.3, 0.4) is 0 Å². The summed E-state index contributed by atoms with van der Waals surface area (Å²) < 4.78 is 34.2. The molecule has 0 bridgehead atoms. The van der Waals surface area contributed by atoms with Crippen molar-refractivity contribution in [1.82, 2.24) is 0 Å². The third kappa shape index (κ3) is 64.7. The molecule has 0 spiro atoms. The minimum absolute atomic E-state index is 0.0386. The molecule has 0 radical (unpaired) electrons. The van der Waals surface area contributed by atoms with Crippen LogP contribution in [0, 0.1) is 0 Å².